The van der Waals surface area contributed by atoms with Crippen LogP contribution < -0.4 is 5.32 Å². The summed E-state index contributed by atoms with van der Waals surface area (Å²) in [6.45, 7) is 9.57. The van der Waals surface area contributed by atoms with Gasteiger partial charge in [-0.2, -0.15) is 0 Å². The molecule has 0 aliphatic carbocycles. The van der Waals surface area contributed by atoms with Crippen molar-refractivity contribution in [3.05, 3.63) is 0 Å². The molecule has 0 amide bonds. The Morgan fingerprint density at radius 2 is 2.12 bits per heavy atom. The number of rotatable bonds is 7. The normalized spacial score (nSPS) is 22.9. The number of likely N-dealkylation sites (tertiary alicyclic amines) is 1. The largest absolute Gasteiger partial charge is 0.314 e. The molecule has 0 spiro atoms. The van der Waals surface area contributed by atoms with E-state index in [4.69, 9.17) is 0 Å². The molecule has 3 heteroatoms. The van der Waals surface area contributed by atoms with Crippen LogP contribution in [0.5, 0.6) is 0 Å². The third-order valence-electron chi connectivity index (χ3n) is 3.52. The SMILES string of the molecule is CCC1CCCN(CCNCCN(C)C)C1. The molecule has 1 saturated heterocycles. The second kappa shape index (κ2) is 8.04. The molecular weight excluding hydrogens is 198 g/mol. The highest BCUT2D eigenvalue weighted by atomic mass is 15.1. The van der Waals surface area contributed by atoms with E-state index in [-0.39, 0.29) is 0 Å². The zero-order valence-electron chi connectivity index (χ0n) is 11.3. The highest BCUT2D eigenvalue weighted by Gasteiger charge is 2.17. The summed E-state index contributed by atoms with van der Waals surface area (Å²) in [6, 6.07) is 0. The predicted octanol–water partition coefficient (Wildman–Crippen LogP) is 1.26. The molecular formula is C13H29N3. The van der Waals surface area contributed by atoms with Crippen LogP contribution in [-0.4, -0.2) is 63.2 Å². The first-order valence-electron chi connectivity index (χ1n) is 6.80. The van der Waals surface area contributed by atoms with Crippen molar-refractivity contribution in [2.75, 3.05) is 53.4 Å². The monoisotopic (exact) mass is 227 g/mol. The van der Waals surface area contributed by atoms with Gasteiger partial charge in [0.2, 0.25) is 0 Å². The Kier molecular flexibility index (Phi) is 7.01. The lowest BCUT2D eigenvalue weighted by Crippen LogP contribution is -2.40. The van der Waals surface area contributed by atoms with E-state index in [1.807, 2.05) is 0 Å². The first-order chi connectivity index (χ1) is 7.72. The Labute approximate surface area is 101 Å². The van der Waals surface area contributed by atoms with Gasteiger partial charge in [0.1, 0.15) is 0 Å². The van der Waals surface area contributed by atoms with Gasteiger partial charge in [-0.3, -0.25) is 0 Å². The topological polar surface area (TPSA) is 18.5 Å². The van der Waals surface area contributed by atoms with E-state index in [1.54, 1.807) is 0 Å². The summed E-state index contributed by atoms with van der Waals surface area (Å²) in [5, 5.41) is 3.51. The lowest BCUT2D eigenvalue weighted by Gasteiger charge is -2.32. The van der Waals surface area contributed by atoms with Crippen molar-refractivity contribution >= 4 is 0 Å². The molecule has 1 rings (SSSR count). The molecule has 0 aromatic carbocycles. The van der Waals surface area contributed by atoms with E-state index < -0.39 is 0 Å². The van der Waals surface area contributed by atoms with Gasteiger partial charge in [-0.1, -0.05) is 13.3 Å². The van der Waals surface area contributed by atoms with Gasteiger partial charge in [0, 0.05) is 32.7 Å². The smallest absolute Gasteiger partial charge is 0.0107 e. The van der Waals surface area contributed by atoms with Gasteiger partial charge in [0.05, 0.1) is 0 Å². The van der Waals surface area contributed by atoms with E-state index in [0.717, 1.165) is 25.6 Å². The number of nitrogens with one attached hydrogen (secondary N) is 1. The first kappa shape index (κ1) is 13.9. The second-order valence-electron chi connectivity index (χ2n) is 5.27. The summed E-state index contributed by atoms with van der Waals surface area (Å²) in [5.41, 5.74) is 0. The Morgan fingerprint density at radius 1 is 1.31 bits per heavy atom. The average Bonchev–Trinajstić information content (AvgIpc) is 2.28. The van der Waals surface area contributed by atoms with Crippen LogP contribution in [0.15, 0.2) is 0 Å². The van der Waals surface area contributed by atoms with Crippen molar-refractivity contribution < 1.29 is 0 Å². The fourth-order valence-electron chi connectivity index (χ4n) is 2.35. The molecule has 0 bridgehead atoms. The van der Waals surface area contributed by atoms with Crippen molar-refractivity contribution in [2.45, 2.75) is 26.2 Å². The molecule has 0 saturated carbocycles. The molecule has 1 unspecified atom stereocenters. The lowest BCUT2D eigenvalue weighted by molar-refractivity contribution is 0.172. The van der Waals surface area contributed by atoms with E-state index in [0.29, 0.717) is 0 Å². The Balaban J connectivity index is 1.99. The maximum atomic E-state index is 3.51. The Hall–Kier alpha value is -0.120. The molecule has 1 aliphatic rings. The third kappa shape index (κ3) is 5.83. The molecule has 1 N–H and O–H groups in total. The standard InChI is InChI=1S/C13H29N3/c1-4-13-6-5-9-16(12-13)11-8-14-7-10-15(2)3/h13-14H,4-12H2,1-3H3. The maximum absolute atomic E-state index is 3.51. The third-order valence-corrected chi connectivity index (χ3v) is 3.52. The Morgan fingerprint density at radius 3 is 2.81 bits per heavy atom. The minimum absolute atomic E-state index is 0.954. The second-order valence-corrected chi connectivity index (χ2v) is 5.27. The van der Waals surface area contributed by atoms with Crippen molar-refractivity contribution in [3.8, 4) is 0 Å². The van der Waals surface area contributed by atoms with Gasteiger partial charge in [0.25, 0.3) is 0 Å². The number of hydrogen-bond donors (Lipinski definition) is 1. The predicted molar refractivity (Wildman–Crippen MR) is 70.9 cm³/mol. The average molecular weight is 227 g/mol. The van der Waals surface area contributed by atoms with Crippen molar-refractivity contribution in [3.63, 3.8) is 0 Å². The summed E-state index contributed by atoms with van der Waals surface area (Å²) >= 11 is 0. The van der Waals surface area contributed by atoms with Crippen LogP contribution in [0.3, 0.4) is 0 Å². The van der Waals surface area contributed by atoms with Gasteiger partial charge in [0.15, 0.2) is 0 Å². The summed E-state index contributed by atoms with van der Waals surface area (Å²) in [5.74, 6) is 0.954. The van der Waals surface area contributed by atoms with Gasteiger partial charge in [-0.15, -0.1) is 0 Å². The zero-order valence-corrected chi connectivity index (χ0v) is 11.3. The molecule has 1 atom stereocenters. The molecule has 1 aliphatic heterocycles. The van der Waals surface area contributed by atoms with Gasteiger partial charge >= 0.3 is 0 Å². The van der Waals surface area contributed by atoms with Crippen LogP contribution in [-0.2, 0) is 0 Å². The van der Waals surface area contributed by atoms with Crippen LogP contribution in [0.1, 0.15) is 26.2 Å². The van der Waals surface area contributed by atoms with E-state index >= 15 is 0 Å². The molecule has 0 aromatic rings. The fourth-order valence-corrected chi connectivity index (χ4v) is 2.35. The van der Waals surface area contributed by atoms with Crippen molar-refractivity contribution in [1.29, 1.82) is 0 Å². The summed E-state index contributed by atoms with van der Waals surface area (Å²) in [4.78, 5) is 4.85. The number of likely N-dealkylation sites (N-methyl/N-ethyl adjacent to an activating group) is 1. The molecule has 1 heterocycles. The van der Waals surface area contributed by atoms with E-state index in [9.17, 15) is 0 Å². The number of piperidine rings is 1. The van der Waals surface area contributed by atoms with Gasteiger partial charge in [-0.05, 0) is 39.4 Å². The zero-order chi connectivity index (χ0) is 11.8. The molecule has 96 valence electrons. The fraction of sp³-hybridized carbons (Fsp3) is 1.00. The van der Waals surface area contributed by atoms with Crippen LogP contribution in [0, 0.1) is 5.92 Å². The Bertz CT molecular complexity index is 171. The molecule has 16 heavy (non-hydrogen) atoms. The van der Waals surface area contributed by atoms with Gasteiger partial charge in [-0.25, -0.2) is 0 Å². The first-order valence-corrected chi connectivity index (χ1v) is 6.80. The summed E-state index contributed by atoms with van der Waals surface area (Å²) in [7, 11) is 4.25. The van der Waals surface area contributed by atoms with Crippen LogP contribution in [0.4, 0.5) is 0 Å². The van der Waals surface area contributed by atoms with Crippen LogP contribution in [0.2, 0.25) is 0 Å². The number of nitrogens with zero attached hydrogens (tertiary/aromatic N) is 2. The minimum atomic E-state index is 0.954. The lowest BCUT2D eigenvalue weighted by atomic mass is 9.96. The van der Waals surface area contributed by atoms with E-state index in [1.165, 1.54) is 38.9 Å². The highest BCUT2D eigenvalue weighted by molar-refractivity contribution is 4.72. The summed E-state index contributed by atoms with van der Waals surface area (Å²) in [6.07, 6.45) is 4.20. The minimum Gasteiger partial charge on any atom is -0.314 e. The molecule has 1 fully saturated rings. The molecule has 0 aromatic heterocycles. The molecule has 3 nitrogen and oxygen atoms in total. The molecule has 0 radical (unpaired) electrons. The van der Waals surface area contributed by atoms with Gasteiger partial charge < -0.3 is 15.1 Å². The van der Waals surface area contributed by atoms with Crippen LogP contribution >= 0.6 is 0 Å². The highest BCUT2D eigenvalue weighted by Crippen LogP contribution is 2.18. The van der Waals surface area contributed by atoms with Crippen molar-refractivity contribution in [2.24, 2.45) is 5.92 Å². The van der Waals surface area contributed by atoms with E-state index in [2.05, 4.69) is 36.1 Å². The summed E-state index contributed by atoms with van der Waals surface area (Å²) < 4.78 is 0. The number of hydrogen-bond acceptors (Lipinski definition) is 3. The van der Waals surface area contributed by atoms with Crippen LogP contribution in [0.25, 0.3) is 0 Å². The maximum Gasteiger partial charge on any atom is 0.0107 e. The quantitative estimate of drug-likeness (QED) is 0.661. The van der Waals surface area contributed by atoms with Crippen molar-refractivity contribution in [1.82, 2.24) is 15.1 Å².